The van der Waals surface area contributed by atoms with Gasteiger partial charge >= 0.3 is 12.1 Å². The SMILES string of the molecule is COC(=O)c1cc(NC(=O)c2cc(Cl)ccc2O)cc(C(F)(F)F)c1. The fourth-order valence-corrected chi connectivity index (χ4v) is 2.16. The summed E-state index contributed by atoms with van der Waals surface area (Å²) < 4.78 is 43.3. The Morgan fingerprint density at radius 3 is 2.44 bits per heavy atom. The summed E-state index contributed by atoms with van der Waals surface area (Å²) in [5.74, 6) is -2.29. The Balaban J connectivity index is 2.42. The van der Waals surface area contributed by atoms with Crippen molar-refractivity contribution in [3.63, 3.8) is 0 Å². The molecule has 0 fully saturated rings. The van der Waals surface area contributed by atoms with Crippen LogP contribution in [0.1, 0.15) is 26.3 Å². The van der Waals surface area contributed by atoms with Crippen molar-refractivity contribution in [1.82, 2.24) is 0 Å². The summed E-state index contributed by atoms with van der Waals surface area (Å²) in [6, 6.07) is 5.96. The number of methoxy groups -OCH3 is 1. The van der Waals surface area contributed by atoms with Gasteiger partial charge in [-0.05, 0) is 36.4 Å². The van der Waals surface area contributed by atoms with Gasteiger partial charge in [-0.1, -0.05) is 11.6 Å². The Morgan fingerprint density at radius 2 is 1.84 bits per heavy atom. The number of rotatable bonds is 3. The van der Waals surface area contributed by atoms with Crippen LogP contribution in [0.3, 0.4) is 0 Å². The molecule has 0 atom stereocenters. The van der Waals surface area contributed by atoms with Gasteiger partial charge in [-0.15, -0.1) is 0 Å². The van der Waals surface area contributed by atoms with E-state index in [0.29, 0.717) is 12.1 Å². The highest BCUT2D eigenvalue weighted by atomic mass is 35.5. The van der Waals surface area contributed by atoms with Gasteiger partial charge in [0.05, 0.1) is 23.8 Å². The topological polar surface area (TPSA) is 75.6 Å². The standard InChI is InChI=1S/C16H11ClF3NO4/c1-25-15(24)8-4-9(16(18,19)20)6-11(5-8)21-14(23)12-7-10(17)2-3-13(12)22/h2-7,22H,1H3,(H,21,23). The molecule has 25 heavy (non-hydrogen) atoms. The summed E-state index contributed by atoms with van der Waals surface area (Å²) in [6.07, 6.45) is -4.73. The maximum atomic E-state index is 13.0. The number of halogens is 4. The Morgan fingerprint density at radius 1 is 1.16 bits per heavy atom. The molecule has 2 aromatic rings. The fraction of sp³-hybridized carbons (Fsp3) is 0.125. The third-order valence-corrected chi connectivity index (χ3v) is 3.38. The number of anilines is 1. The Hall–Kier alpha value is -2.74. The quantitative estimate of drug-likeness (QED) is 0.794. The molecule has 0 aliphatic heterocycles. The van der Waals surface area contributed by atoms with Crippen molar-refractivity contribution in [2.75, 3.05) is 12.4 Å². The molecule has 1 amide bonds. The molecule has 2 N–H and O–H groups in total. The van der Waals surface area contributed by atoms with Gasteiger partial charge in [-0.3, -0.25) is 4.79 Å². The van der Waals surface area contributed by atoms with Crippen molar-refractivity contribution in [2.45, 2.75) is 6.18 Å². The summed E-state index contributed by atoms with van der Waals surface area (Å²) in [5, 5.41) is 12.0. The second-order valence-corrected chi connectivity index (χ2v) is 5.34. The van der Waals surface area contributed by atoms with Crippen LogP contribution in [0, 0.1) is 0 Å². The van der Waals surface area contributed by atoms with Gasteiger partial charge in [0.15, 0.2) is 0 Å². The number of ether oxygens (including phenoxy) is 1. The number of carbonyl (C=O) groups excluding carboxylic acids is 2. The van der Waals surface area contributed by atoms with Gasteiger partial charge in [0.25, 0.3) is 5.91 Å². The van der Waals surface area contributed by atoms with E-state index in [2.05, 4.69) is 10.1 Å². The summed E-state index contributed by atoms with van der Waals surface area (Å²) in [5.41, 5.74) is -2.05. The smallest absolute Gasteiger partial charge is 0.416 e. The molecular weight excluding hydrogens is 363 g/mol. The zero-order chi connectivity index (χ0) is 18.8. The summed E-state index contributed by atoms with van der Waals surface area (Å²) in [6.45, 7) is 0. The van der Waals surface area contributed by atoms with Crippen molar-refractivity contribution in [2.24, 2.45) is 0 Å². The molecule has 5 nitrogen and oxygen atoms in total. The van der Waals surface area contributed by atoms with Crippen LogP contribution in [0.25, 0.3) is 0 Å². The minimum Gasteiger partial charge on any atom is -0.507 e. The molecule has 0 saturated heterocycles. The molecule has 0 aromatic heterocycles. The van der Waals surface area contributed by atoms with Crippen LogP contribution in [-0.2, 0) is 10.9 Å². The summed E-state index contributed by atoms with van der Waals surface area (Å²) in [4.78, 5) is 23.7. The number of hydrogen-bond donors (Lipinski definition) is 2. The van der Waals surface area contributed by atoms with E-state index in [1.165, 1.54) is 12.1 Å². The molecule has 0 unspecified atom stereocenters. The van der Waals surface area contributed by atoms with Crippen LogP contribution in [-0.4, -0.2) is 24.1 Å². The average molecular weight is 374 g/mol. The molecule has 0 heterocycles. The van der Waals surface area contributed by atoms with Crippen LogP contribution in [0.2, 0.25) is 5.02 Å². The molecule has 2 aromatic carbocycles. The maximum Gasteiger partial charge on any atom is 0.416 e. The van der Waals surface area contributed by atoms with Crippen molar-refractivity contribution in [3.8, 4) is 5.75 Å². The highest BCUT2D eigenvalue weighted by Crippen LogP contribution is 2.32. The first kappa shape index (κ1) is 18.6. The molecule has 0 aliphatic rings. The molecule has 0 spiro atoms. The molecule has 2 rings (SSSR count). The Labute approximate surface area is 145 Å². The van der Waals surface area contributed by atoms with E-state index in [0.717, 1.165) is 19.2 Å². The highest BCUT2D eigenvalue weighted by molar-refractivity contribution is 6.31. The Kier molecular flexibility index (Phi) is 5.22. The molecule has 0 saturated carbocycles. The predicted octanol–water partition coefficient (Wildman–Crippen LogP) is 4.10. The molecule has 0 radical (unpaired) electrons. The van der Waals surface area contributed by atoms with E-state index in [4.69, 9.17) is 11.6 Å². The van der Waals surface area contributed by atoms with Crippen LogP contribution >= 0.6 is 11.6 Å². The van der Waals surface area contributed by atoms with Gasteiger partial charge in [0.2, 0.25) is 0 Å². The van der Waals surface area contributed by atoms with E-state index in [-0.39, 0.29) is 21.8 Å². The number of phenols is 1. The largest absolute Gasteiger partial charge is 0.507 e. The van der Waals surface area contributed by atoms with Gasteiger partial charge in [-0.25, -0.2) is 4.79 Å². The second kappa shape index (κ2) is 7.02. The number of carbonyl (C=O) groups is 2. The van der Waals surface area contributed by atoms with E-state index in [9.17, 15) is 27.9 Å². The van der Waals surface area contributed by atoms with Crippen LogP contribution in [0.15, 0.2) is 36.4 Å². The Bertz CT molecular complexity index is 837. The number of alkyl halides is 3. The maximum absolute atomic E-state index is 13.0. The first-order valence-corrected chi connectivity index (χ1v) is 7.10. The molecule has 9 heteroatoms. The lowest BCUT2D eigenvalue weighted by Gasteiger charge is -2.13. The number of nitrogens with one attached hydrogen (secondary N) is 1. The van der Waals surface area contributed by atoms with Gasteiger partial charge in [-0.2, -0.15) is 13.2 Å². The lowest BCUT2D eigenvalue weighted by atomic mass is 10.1. The van der Waals surface area contributed by atoms with E-state index >= 15 is 0 Å². The lowest BCUT2D eigenvalue weighted by molar-refractivity contribution is -0.137. The monoisotopic (exact) mass is 373 g/mol. The second-order valence-electron chi connectivity index (χ2n) is 4.90. The fourth-order valence-electron chi connectivity index (χ4n) is 1.99. The first-order valence-electron chi connectivity index (χ1n) is 6.72. The minimum absolute atomic E-state index is 0.155. The normalized spacial score (nSPS) is 11.1. The molecule has 0 bridgehead atoms. The number of hydrogen-bond acceptors (Lipinski definition) is 4. The zero-order valence-corrected chi connectivity index (χ0v) is 13.4. The summed E-state index contributed by atoms with van der Waals surface area (Å²) in [7, 11) is 1.02. The van der Waals surface area contributed by atoms with Crippen molar-refractivity contribution in [3.05, 3.63) is 58.1 Å². The van der Waals surface area contributed by atoms with Gasteiger partial charge in [0, 0.05) is 10.7 Å². The van der Waals surface area contributed by atoms with Crippen molar-refractivity contribution in [1.29, 1.82) is 0 Å². The highest BCUT2D eigenvalue weighted by Gasteiger charge is 2.32. The van der Waals surface area contributed by atoms with Gasteiger partial charge < -0.3 is 15.2 Å². The average Bonchev–Trinajstić information content (AvgIpc) is 2.55. The van der Waals surface area contributed by atoms with Crippen LogP contribution in [0.5, 0.6) is 5.75 Å². The minimum atomic E-state index is -4.73. The van der Waals surface area contributed by atoms with E-state index in [1.54, 1.807) is 0 Å². The number of aromatic hydroxyl groups is 1. The molecule has 132 valence electrons. The number of phenolic OH excluding ortho intramolecular Hbond substituents is 1. The van der Waals surface area contributed by atoms with Gasteiger partial charge in [0.1, 0.15) is 5.75 Å². The van der Waals surface area contributed by atoms with Crippen molar-refractivity contribution < 1.29 is 32.6 Å². The van der Waals surface area contributed by atoms with E-state index < -0.39 is 29.4 Å². The summed E-state index contributed by atoms with van der Waals surface area (Å²) >= 11 is 5.73. The number of benzene rings is 2. The van der Waals surface area contributed by atoms with Crippen LogP contribution in [0.4, 0.5) is 18.9 Å². The first-order chi connectivity index (χ1) is 11.6. The van der Waals surface area contributed by atoms with Crippen LogP contribution < -0.4 is 5.32 Å². The van der Waals surface area contributed by atoms with E-state index in [1.807, 2.05) is 0 Å². The lowest BCUT2D eigenvalue weighted by Crippen LogP contribution is -2.15. The number of esters is 1. The third-order valence-electron chi connectivity index (χ3n) is 3.14. The van der Waals surface area contributed by atoms with Crippen molar-refractivity contribution >= 4 is 29.2 Å². The number of amides is 1. The third kappa shape index (κ3) is 4.42. The zero-order valence-electron chi connectivity index (χ0n) is 12.6. The molecule has 0 aliphatic carbocycles. The predicted molar refractivity (Wildman–Crippen MR) is 83.9 cm³/mol. The molecular formula is C16H11ClF3NO4.